The molecule has 0 spiro atoms. The molecular formula is C15H21BrN4O. The number of hydrogen-bond donors (Lipinski definition) is 4. The topological polar surface area (TPSA) is 79.2 Å². The highest BCUT2D eigenvalue weighted by molar-refractivity contribution is 9.10. The van der Waals surface area contributed by atoms with Crippen molar-refractivity contribution in [2.45, 2.75) is 44.2 Å². The first-order valence-corrected chi connectivity index (χ1v) is 8.30. The number of halogens is 1. The van der Waals surface area contributed by atoms with E-state index in [4.69, 9.17) is 5.73 Å². The summed E-state index contributed by atoms with van der Waals surface area (Å²) in [5, 5.41) is 6.43. The van der Waals surface area contributed by atoms with Crippen molar-refractivity contribution >= 4 is 39.1 Å². The molecule has 6 heteroatoms. The highest BCUT2D eigenvalue weighted by Crippen LogP contribution is 2.33. The van der Waals surface area contributed by atoms with Gasteiger partial charge in [0.1, 0.15) is 0 Å². The highest BCUT2D eigenvalue weighted by Gasteiger charge is 2.38. The molecule has 1 aromatic carbocycles. The molecule has 1 saturated carbocycles. The maximum Gasteiger partial charge on any atom is 0.241 e. The minimum Gasteiger partial charge on any atom is -0.397 e. The van der Waals surface area contributed by atoms with Crippen LogP contribution in [0.15, 0.2) is 18.2 Å². The van der Waals surface area contributed by atoms with E-state index < -0.39 is 0 Å². The van der Waals surface area contributed by atoms with Gasteiger partial charge in [-0.15, -0.1) is 0 Å². The zero-order valence-electron chi connectivity index (χ0n) is 11.9. The van der Waals surface area contributed by atoms with Crippen molar-refractivity contribution in [1.82, 2.24) is 5.32 Å². The zero-order valence-corrected chi connectivity index (χ0v) is 13.4. The van der Waals surface area contributed by atoms with Crippen LogP contribution in [0.4, 0.5) is 17.1 Å². The molecule has 0 aromatic heterocycles. The highest BCUT2D eigenvalue weighted by atomic mass is 79.9. The molecule has 3 atom stereocenters. The molecule has 1 heterocycles. The second-order valence-corrected chi connectivity index (χ2v) is 6.39. The molecule has 1 aromatic rings. The summed E-state index contributed by atoms with van der Waals surface area (Å²) in [7, 11) is 0. The lowest BCUT2D eigenvalue weighted by Gasteiger charge is -2.24. The van der Waals surface area contributed by atoms with E-state index >= 15 is 0 Å². The van der Waals surface area contributed by atoms with E-state index in [9.17, 15) is 4.79 Å². The van der Waals surface area contributed by atoms with Crippen LogP contribution in [-0.2, 0) is 4.79 Å². The number of hydrogen-bond acceptors (Lipinski definition) is 4. The molecule has 114 valence electrons. The number of nitrogen functional groups attached to an aromatic ring is 1. The van der Waals surface area contributed by atoms with Crippen molar-refractivity contribution in [3.63, 3.8) is 0 Å². The molecule has 21 heavy (non-hydrogen) atoms. The number of carbonyl (C=O) groups excluding carboxylic acids is 1. The van der Waals surface area contributed by atoms with E-state index in [-0.39, 0.29) is 11.9 Å². The Morgan fingerprint density at radius 1 is 1.33 bits per heavy atom. The maximum atomic E-state index is 12.4. The van der Waals surface area contributed by atoms with Crippen LogP contribution in [0.3, 0.4) is 0 Å². The summed E-state index contributed by atoms with van der Waals surface area (Å²) < 4.78 is 2.84. The van der Waals surface area contributed by atoms with Crippen molar-refractivity contribution in [2.24, 2.45) is 5.92 Å². The van der Waals surface area contributed by atoms with E-state index in [1.165, 1.54) is 25.7 Å². The third kappa shape index (κ3) is 3.16. The van der Waals surface area contributed by atoms with Crippen LogP contribution in [0, 0.1) is 5.92 Å². The summed E-state index contributed by atoms with van der Waals surface area (Å²) in [5.41, 5.74) is 8.05. The Hall–Kier alpha value is -1.27. The molecule has 5 nitrogen and oxygen atoms in total. The Balaban J connectivity index is 1.64. The summed E-state index contributed by atoms with van der Waals surface area (Å²) in [5.74, 6) is 0.683. The van der Waals surface area contributed by atoms with Crippen molar-refractivity contribution < 1.29 is 4.79 Å². The molecule has 0 unspecified atom stereocenters. The third-order valence-electron chi connectivity index (χ3n) is 4.60. The van der Waals surface area contributed by atoms with Gasteiger partial charge in [-0.3, -0.25) is 4.79 Å². The van der Waals surface area contributed by atoms with Gasteiger partial charge in [-0.05, 0) is 43.4 Å². The van der Waals surface area contributed by atoms with Crippen LogP contribution in [0.2, 0.25) is 0 Å². The number of carbonyl (C=O) groups is 1. The number of anilines is 3. The quantitative estimate of drug-likeness (QED) is 0.498. The molecule has 2 aliphatic rings. The summed E-state index contributed by atoms with van der Waals surface area (Å²) in [6.45, 7) is 0. The Labute approximate surface area is 133 Å². The largest absolute Gasteiger partial charge is 0.397 e. The van der Waals surface area contributed by atoms with Gasteiger partial charge in [0.15, 0.2) is 0 Å². The molecule has 1 aliphatic heterocycles. The van der Waals surface area contributed by atoms with Crippen molar-refractivity contribution in [3.8, 4) is 0 Å². The fraction of sp³-hybridized carbons (Fsp3) is 0.533. The van der Waals surface area contributed by atoms with Crippen molar-refractivity contribution in [2.75, 3.05) is 15.4 Å². The zero-order chi connectivity index (χ0) is 14.8. The van der Waals surface area contributed by atoms with Gasteiger partial charge in [-0.1, -0.05) is 12.8 Å². The normalized spacial score (nSPS) is 28.0. The number of benzene rings is 1. The number of fused-ring (bicyclic) bond motifs is 1. The summed E-state index contributed by atoms with van der Waals surface area (Å²) >= 11 is 3.15. The fourth-order valence-corrected chi connectivity index (χ4v) is 3.72. The third-order valence-corrected chi connectivity index (χ3v) is 5.06. The molecule has 0 bridgehead atoms. The summed E-state index contributed by atoms with van der Waals surface area (Å²) in [4.78, 5) is 12.4. The SMILES string of the molecule is Nc1cc(NBr)ccc1NC(=O)[C@@H]1C[C@@H]2CCCC[C@@H]2N1. The first-order valence-electron chi connectivity index (χ1n) is 7.50. The Kier molecular flexibility index (Phi) is 4.35. The first-order chi connectivity index (χ1) is 10.2. The molecule has 2 fully saturated rings. The number of nitrogens with two attached hydrogens (primary N) is 1. The minimum atomic E-state index is -0.0912. The molecule has 1 saturated heterocycles. The monoisotopic (exact) mass is 352 g/mol. The van der Waals surface area contributed by atoms with Gasteiger partial charge < -0.3 is 20.7 Å². The molecule has 5 N–H and O–H groups in total. The van der Waals surface area contributed by atoms with Gasteiger partial charge in [0.05, 0.1) is 17.4 Å². The van der Waals surface area contributed by atoms with Crippen LogP contribution in [0.1, 0.15) is 32.1 Å². The Bertz CT molecular complexity index is 522. The number of rotatable bonds is 3. The van der Waals surface area contributed by atoms with Crippen LogP contribution < -0.4 is 20.7 Å². The molecule has 0 radical (unpaired) electrons. The van der Waals surface area contributed by atoms with Crippen LogP contribution >= 0.6 is 16.1 Å². The van der Waals surface area contributed by atoms with E-state index in [1.54, 1.807) is 6.07 Å². The maximum absolute atomic E-state index is 12.4. The van der Waals surface area contributed by atoms with Gasteiger partial charge in [0.25, 0.3) is 0 Å². The van der Waals surface area contributed by atoms with Gasteiger partial charge in [-0.2, -0.15) is 0 Å². The predicted octanol–water partition coefficient (Wildman–Crippen LogP) is 2.85. The second kappa shape index (κ2) is 6.23. The predicted molar refractivity (Wildman–Crippen MR) is 89.3 cm³/mol. The van der Waals surface area contributed by atoms with Crippen LogP contribution in [-0.4, -0.2) is 18.0 Å². The van der Waals surface area contributed by atoms with E-state index in [0.717, 1.165) is 12.1 Å². The summed E-state index contributed by atoms with van der Waals surface area (Å²) in [6.07, 6.45) is 5.95. The fourth-order valence-electron chi connectivity index (χ4n) is 3.48. The van der Waals surface area contributed by atoms with E-state index in [2.05, 4.69) is 31.1 Å². The van der Waals surface area contributed by atoms with Gasteiger partial charge in [0.2, 0.25) is 5.91 Å². The number of nitrogens with one attached hydrogen (secondary N) is 3. The lowest BCUT2D eigenvalue weighted by atomic mass is 9.85. The smallest absolute Gasteiger partial charge is 0.241 e. The van der Waals surface area contributed by atoms with Crippen molar-refractivity contribution in [3.05, 3.63) is 18.2 Å². The van der Waals surface area contributed by atoms with E-state index in [0.29, 0.717) is 23.3 Å². The van der Waals surface area contributed by atoms with Crippen molar-refractivity contribution in [1.29, 1.82) is 0 Å². The Morgan fingerprint density at radius 2 is 2.14 bits per heavy atom. The lowest BCUT2D eigenvalue weighted by molar-refractivity contribution is -0.117. The molecule has 1 aliphatic carbocycles. The Morgan fingerprint density at radius 3 is 2.86 bits per heavy atom. The van der Waals surface area contributed by atoms with E-state index in [1.807, 2.05) is 12.1 Å². The van der Waals surface area contributed by atoms with Gasteiger partial charge in [0, 0.05) is 27.9 Å². The van der Waals surface area contributed by atoms with Gasteiger partial charge >= 0.3 is 0 Å². The average molecular weight is 353 g/mol. The van der Waals surface area contributed by atoms with Crippen LogP contribution in [0.25, 0.3) is 0 Å². The van der Waals surface area contributed by atoms with Crippen LogP contribution in [0.5, 0.6) is 0 Å². The summed E-state index contributed by atoms with van der Waals surface area (Å²) in [6, 6.07) is 5.89. The average Bonchev–Trinajstić information content (AvgIpc) is 2.93. The van der Waals surface area contributed by atoms with Gasteiger partial charge in [-0.25, -0.2) is 0 Å². The number of amides is 1. The first kappa shape index (κ1) is 14.7. The molecule has 3 rings (SSSR count). The second-order valence-electron chi connectivity index (χ2n) is 5.99. The standard InChI is InChI=1S/C15H21BrN4O/c16-20-10-5-6-13(11(17)8-10)19-15(21)14-7-9-3-1-2-4-12(9)18-14/h5-6,8-9,12,14,18,20H,1-4,7,17H2,(H,19,21)/t9-,12-,14-/m0/s1. The molecule has 1 amide bonds. The molecular weight excluding hydrogens is 332 g/mol. The lowest BCUT2D eigenvalue weighted by Crippen LogP contribution is -2.40. The minimum absolute atomic E-state index is 0.0238.